The fourth-order valence-corrected chi connectivity index (χ4v) is 2.47. The second-order valence-electron chi connectivity index (χ2n) is 5.45. The highest BCUT2D eigenvalue weighted by atomic mass is 79.9. The third-order valence-corrected chi connectivity index (χ3v) is 4.13. The average molecular weight is 295 g/mol. The van der Waals surface area contributed by atoms with Gasteiger partial charge < -0.3 is 5.32 Å². The van der Waals surface area contributed by atoms with Crippen molar-refractivity contribution in [1.82, 2.24) is 4.98 Å². The molecular weight excluding hydrogens is 276 g/mol. The summed E-state index contributed by atoms with van der Waals surface area (Å²) in [7, 11) is 0. The van der Waals surface area contributed by atoms with Crippen LogP contribution in [0.2, 0.25) is 0 Å². The summed E-state index contributed by atoms with van der Waals surface area (Å²) in [4.78, 5) is 4.57. The summed E-state index contributed by atoms with van der Waals surface area (Å²) in [6.07, 6.45) is 10.0. The zero-order valence-electron chi connectivity index (χ0n) is 10.1. The molecule has 2 nitrogen and oxygen atoms in total. The number of anilines is 1. The SMILES string of the molecule is Brc1cnc(CCC2CC2)c(NCC2CC2)c1. The van der Waals surface area contributed by atoms with Crippen LogP contribution in [-0.2, 0) is 6.42 Å². The summed E-state index contributed by atoms with van der Waals surface area (Å²) in [5, 5.41) is 3.57. The molecule has 2 aliphatic carbocycles. The highest BCUT2D eigenvalue weighted by Crippen LogP contribution is 2.35. The maximum absolute atomic E-state index is 4.57. The number of nitrogens with zero attached hydrogens (tertiary/aromatic N) is 1. The van der Waals surface area contributed by atoms with E-state index < -0.39 is 0 Å². The molecule has 0 unspecified atom stereocenters. The number of halogens is 1. The van der Waals surface area contributed by atoms with Crippen molar-refractivity contribution < 1.29 is 0 Å². The second kappa shape index (κ2) is 4.97. The first-order valence-corrected chi connectivity index (χ1v) is 7.49. The van der Waals surface area contributed by atoms with Crippen LogP contribution in [-0.4, -0.2) is 11.5 Å². The smallest absolute Gasteiger partial charge is 0.0635 e. The van der Waals surface area contributed by atoms with Gasteiger partial charge in [0.05, 0.1) is 11.4 Å². The summed E-state index contributed by atoms with van der Waals surface area (Å²) in [5.41, 5.74) is 2.49. The highest BCUT2D eigenvalue weighted by Gasteiger charge is 2.23. The Morgan fingerprint density at radius 1 is 1.24 bits per heavy atom. The average Bonchev–Trinajstić information content (AvgIpc) is 3.18. The molecule has 0 saturated heterocycles. The van der Waals surface area contributed by atoms with Gasteiger partial charge in [0.15, 0.2) is 0 Å². The maximum atomic E-state index is 4.57. The molecule has 1 aromatic heterocycles. The number of hydrogen-bond donors (Lipinski definition) is 1. The molecule has 0 spiro atoms. The molecule has 0 aliphatic heterocycles. The third-order valence-electron chi connectivity index (χ3n) is 3.70. The molecule has 1 heterocycles. The largest absolute Gasteiger partial charge is 0.383 e. The van der Waals surface area contributed by atoms with Gasteiger partial charge in [-0.3, -0.25) is 4.98 Å². The molecule has 0 amide bonds. The number of aromatic nitrogens is 1. The van der Waals surface area contributed by atoms with E-state index in [1.54, 1.807) is 0 Å². The molecule has 2 aliphatic rings. The first-order chi connectivity index (χ1) is 8.31. The van der Waals surface area contributed by atoms with Crippen LogP contribution in [0.25, 0.3) is 0 Å². The van der Waals surface area contributed by atoms with E-state index in [1.165, 1.54) is 43.5 Å². The van der Waals surface area contributed by atoms with Crippen molar-refractivity contribution in [2.24, 2.45) is 11.8 Å². The minimum atomic E-state index is 0.908. The Kier molecular flexibility index (Phi) is 3.37. The van der Waals surface area contributed by atoms with Crippen LogP contribution in [0, 0.1) is 11.8 Å². The summed E-state index contributed by atoms with van der Waals surface area (Å²) in [5.74, 6) is 1.89. The predicted molar refractivity (Wildman–Crippen MR) is 74.2 cm³/mol. The minimum Gasteiger partial charge on any atom is -0.383 e. The lowest BCUT2D eigenvalue weighted by Crippen LogP contribution is -2.07. The van der Waals surface area contributed by atoms with Gasteiger partial charge in [-0.2, -0.15) is 0 Å². The first-order valence-electron chi connectivity index (χ1n) is 6.69. The van der Waals surface area contributed by atoms with Crippen LogP contribution in [0.5, 0.6) is 0 Å². The van der Waals surface area contributed by atoms with E-state index in [0.29, 0.717) is 0 Å². The van der Waals surface area contributed by atoms with Crippen LogP contribution < -0.4 is 5.32 Å². The van der Waals surface area contributed by atoms with E-state index in [0.717, 1.165) is 29.3 Å². The normalized spacial score (nSPS) is 19.4. The zero-order chi connectivity index (χ0) is 11.7. The maximum Gasteiger partial charge on any atom is 0.0635 e. The molecule has 3 heteroatoms. The van der Waals surface area contributed by atoms with E-state index in [9.17, 15) is 0 Å². The van der Waals surface area contributed by atoms with Crippen molar-refractivity contribution in [3.05, 3.63) is 22.4 Å². The molecule has 2 saturated carbocycles. The molecular formula is C14H19BrN2. The Morgan fingerprint density at radius 2 is 2.00 bits per heavy atom. The van der Waals surface area contributed by atoms with Crippen molar-refractivity contribution in [3.63, 3.8) is 0 Å². The standard InChI is InChI=1S/C14H19BrN2/c15-12-7-14(16-8-11-3-4-11)13(17-9-12)6-5-10-1-2-10/h7,9-11,16H,1-6,8H2. The molecule has 3 rings (SSSR count). The summed E-state index contributed by atoms with van der Waals surface area (Å²) in [6.45, 7) is 1.12. The van der Waals surface area contributed by atoms with Crippen molar-refractivity contribution in [3.8, 4) is 0 Å². The monoisotopic (exact) mass is 294 g/mol. The van der Waals surface area contributed by atoms with E-state index in [4.69, 9.17) is 0 Å². The summed E-state index contributed by atoms with van der Waals surface area (Å²) >= 11 is 3.51. The van der Waals surface area contributed by atoms with Gasteiger partial charge in [-0.25, -0.2) is 0 Å². The minimum absolute atomic E-state index is 0.908. The van der Waals surface area contributed by atoms with Gasteiger partial charge in [0, 0.05) is 17.2 Å². The second-order valence-corrected chi connectivity index (χ2v) is 6.37. The number of hydrogen-bond acceptors (Lipinski definition) is 2. The quantitative estimate of drug-likeness (QED) is 0.857. The summed E-state index contributed by atoms with van der Waals surface area (Å²) < 4.78 is 1.07. The van der Waals surface area contributed by atoms with Crippen molar-refractivity contribution in [2.45, 2.75) is 38.5 Å². The highest BCUT2D eigenvalue weighted by molar-refractivity contribution is 9.10. The van der Waals surface area contributed by atoms with Gasteiger partial charge in [0.25, 0.3) is 0 Å². The molecule has 0 aromatic carbocycles. The van der Waals surface area contributed by atoms with Gasteiger partial charge in [-0.15, -0.1) is 0 Å². The van der Waals surface area contributed by atoms with Gasteiger partial charge in [-0.05, 0) is 59.5 Å². The molecule has 92 valence electrons. The molecule has 0 bridgehead atoms. The lowest BCUT2D eigenvalue weighted by Gasteiger charge is -2.11. The van der Waals surface area contributed by atoms with Crippen LogP contribution in [0.1, 0.15) is 37.8 Å². The molecule has 1 N–H and O–H groups in total. The van der Waals surface area contributed by atoms with Gasteiger partial charge in [0.1, 0.15) is 0 Å². The van der Waals surface area contributed by atoms with Crippen LogP contribution >= 0.6 is 15.9 Å². The van der Waals surface area contributed by atoms with E-state index >= 15 is 0 Å². The molecule has 2 fully saturated rings. The Labute approximate surface area is 111 Å². The first kappa shape index (κ1) is 11.5. The number of aryl methyl sites for hydroxylation is 1. The zero-order valence-corrected chi connectivity index (χ0v) is 11.7. The number of rotatable bonds is 6. The van der Waals surface area contributed by atoms with E-state index in [1.807, 2.05) is 6.20 Å². The fraction of sp³-hybridized carbons (Fsp3) is 0.643. The van der Waals surface area contributed by atoms with Gasteiger partial charge in [0.2, 0.25) is 0 Å². The lowest BCUT2D eigenvalue weighted by atomic mass is 10.1. The Hall–Kier alpha value is -0.570. The lowest BCUT2D eigenvalue weighted by molar-refractivity contribution is 0.713. The van der Waals surface area contributed by atoms with Crippen LogP contribution in [0.3, 0.4) is 0 Å². The summed E-state index contributed by atoms with van der Waals surface area (Å²) in [6, 6.07) is 2.18. The fourth-order valence-electron chi connectivity index (χ4n) is 2.14. The van der Waals surface area contributed by atoms with Gasteiger partial charge in [-0.1, -0.05) is 12.8 Å². The van der Waals surface area contributed by atoms with Crippen molar-refractivity contribution >= 4 is 21.6 Å². The molecule has 0 atom stereocenters. The van der Waals surface area contributed by atoms with Crippen molar-refractivity contribution in [1.29, 1.82) is 0 Å². The Morgan fingerprint density at radius 3 is 2.71 bits per heavy atom. The van der Waals surface area contributed by atoms with Crippen LogP contribution in [0.15, 0.2) is 16.7 Å². The van der Waals surface area contributed by atoms with Gasteiger partial charge >= 0.3 is 0 Å². The van der Waals surface area contributed by atoms with Crippen LogP contribution in [0.4, 0.5) is 5.69 Å². The molecule has 0 radical (unpaired) electrons. The Bertz CT molecular complexity index is 397. The number of pyridine rings is 1. The molecule has 1 aromatic rings. The van der Waals surface area contributed by atoms with E-state index in [-0.39, 0.29) is 0 Å². The third kappa shape index (κ3) is 3.44. The van der Waals surface area contributed by atoms with Crippen molar-refractivity contribution in [2.75, 3.05) is 11.9 Å². The molecule has 17 heavy (non-hydrogen) atoms. The van der Waals surface area contributed by atoms with E-state index in [2.05, 4.69) is 32.3 Å². The topological polar surface area (TPSA) is 24.9 Å². The predicted octanol–water partition coefficient (Wildman–Crippen LogP) is 4.01. The number of nitrogens with one attached hydrogen (secondary N) is 1. The Balaban J connectivity index is 1.64.